The Kier molecular flexibility index (Phi) is 4.66. The number of hydrogen-bond acceptors (Lipinski definition) is 6. The maximum Gasteiger partial charge on any atom is 0.223 e. The number of fused-ring (bicyclic) bond motifs is 1. The molecule has 0 bridgehead atoms. The molecule has 2 rings (SSSR count). The number of rotatable bonds is 6. The minimum atomic E-state index is 0.336. The molecular formula is C12H18N4S2. The van der Waals surface area contributed by atoms with Crippen molar-refractivity contribution in [2.24, 2.45) is 0 Å². The molecule has 4 nitrogen and oxygen atoms in total. The van der Waals surface area contributed by atoms with Gasteiger partial charge in [-0.05, 0) is 36.3 Å². The summed E-state index contributed by atoms with van der Waals surface area (Å²) < 4.78 is 0. The van der Waals surface area contributed by atoms with Crippen LogP contribution in [0.25, 0.3) is 10.2 Å². The van der Waals surface area contributed by atoms with Crippen molar-refractivity contribution >= 4 is 45.1 Å². The molecule has 98 valence electrons. The Labute approximate surface area is 115 Å². The van der Waals surface area contributed by atoms with E-state index >= 15 is 0 Å². The van der Waals surface area contributed by atoms with E-state index in [1.54, 1.807) is 11.3 Å². The van der Waals surface area contributed by atoms with Crippen LogP contribution in [0.1, 0.15) is 20.3 Å². The van der Waals surface area contributed by atoms with Gasteiger partial charge in [-0.3, -0.25) is 0 Å². The normalized spacial score (nSPS) is 12.8. The largest absolute Gasteiger partial charge is 0.368 e. The molecule has 3 N–H and O–H groups in total. The molecule has 0 fully saturated rings. The van der Waals surface area contributed by atoms with Gasteiger partial charge < -0.3 is 11.1 Å². The van der Waals surface area contributed by atoms with Gasteiger partial charge in [0.2, 0.25) is 5.95 Å². The second-order valence-corrected chi connectivity index (χ2v) is 6.39. The number of nitrogens with one attached hydrogen (secondary N) is 1. The SMILES string of the molecule is CCSCCC(C)Nc1nc(N)nc2sccc12. The van der Waals surface area contributed by atoms with Gasteiger partial charge in [-0.25, -0.2) is 4.98 Å². The van der Waals surface area contributed by atoms with Crippen molar-refractivity contribution in [3.05, 3.63) is 11.4 Å². The number of thiophene rings is 1. The monoisotopic (exact) mass is 282 g/mol. The second-order valence-electron chi connectivity index (χ2n) is 4.10. The highest BCUT2D eigenvalue weighted by Gasteiger charge is 2.09. The molecule has 0 aliphatic carbocycles. The van der Waals surface area contributed by atoms with Crippen LogP contribution >= 0.6 is 23.1 Å². The molecule has 0 amide bonds. The Bertz CT molecular complexity index is 512. The third-order valence-electron chi connectivity index (χ3n) is 2.62. The summed E-state index contributed by atoms with van der Waals surface area (Å²) in [6.45, 7) is 4.36. The van der Waals surface area contributed by atoms with E-state index in [4.69, 9.17) is 5.73 Å². The molecule has 1 atom stereocenters. The van der Waals surface area contributed by atoms with Crippen LogP contribution in [-0.4, -0.2) is 27.5 Å². The van der Waals surface area contributed by atoms with Crippen LogP contribution in [0.15, 0.2) is 11.4 Å². The zero-order valence-corrected chi connectivity index (χ0v) is 12.3. The Balaban J connectivity index is 2.08. The Morgan fingerprint density at radius 1 is 1.50 bits per heavy atom. The molecule has 6 heteroatoms. The van der Waals surface area contributed by atoms with Gasteiger partial charge in [0.15, 0.2) is 0 Å². The topological polar surface area (TPSA) is 63.8 Å². The first-order valence-electron chi connectivity index (χ1n) is 6.05. The summed E-state index contributed by atoms with van der Waals surface area (Å²) in [5.74, 6) is 3.52. The molecule has 2 aromatic rings. The highest BCUT2D eigenvalue weighted by Crippen LogP contribution is 2.26. The van der Waals surface area contributed by atoms with Crippen molar-refractivity contribution in [2.75, 3.05) is 22.6 Å². The molecule has 1 unspecified atom stereocenters. The van der Waals surface area contributed by atoms with E-state index in [0.29, 0.717) is 12.0 Å². The van der Waals surface area contributed by atoms with E-state index < -0.39 is 0 Å². The van der Waals surface area contributed by atoms with Crippen LogP contribution in [0.4, 0.5) is 11.8 Å². The molecule has 0 saturated heterocycles. The third-order valence-corrected chi connectivity index (χ3v) is 4.36. The Morgan fingerprint density at radius 2 is 2.33 bits per heavy atom. The van der Waals surface area contributed by atoms with Crippen molar-refractivity contribution in [2.45, 2.75) is 26.3 Å². The minimum absolute atomic E-state index is 0.336. The standard InChI is InChI=1S/C12H18N4S2/c1-3-17-6-4-8(2)14-10-9-5-7-18-11(9)16-12(13)15-10/h5,7-8H,3-4,6H2,1-2H3,(H3,13,14,15,16). The van der Waals surface area contributed by atoms with Crippen LogP contribution in [0, 0.1) is 0 Å². The summed E-state index contributed by atoms with van der Waals surface area (Å²) in [6.07, 6.45) is 1.12. The third kappa shape index (κ3) is 3.26. The number of nitrogen functional groups attached to an aromatic ring is 1. The lowest BCUT2D eigenvalue weighted by Gasteiger charge is -2.14. The fourth-order valence-electron chi connectivity index (χ4n) is 1.69. The van der Waals surface area contributed by atoms with E-state index in [9.17, 15) is 0 Å². The number of thioether (sulfide) groups is 1. The first-order chi connectivity index (χ1) is 8.70. The zero-order chi connectivity index (χ0) is 13.0. The van der Waals surface area contributed by atoms with Gasteiger partial charge in [-0.2, -0.15) is 16.7 Å². The van der Waals surface area contributed by atoms with Crippen LogP contribution in [-0.2, 0) is 0 Å². The zero-order valence-electron chi connectivity index (χ0n) is 10.6. The summed E-state index contributed by atoms with van der Waals surface area (Å²) in [7, 11) is 0. The summed E-state index contributed by atoms with van der Waals surface area (Å²) in [5, 5.41) is 6.51. The van der Waals surface area contributed by atoms with Gasteiger partial charge >= 0.3 is 0 Å². The van der Waals surface area contributed by atoms with Crippen molar-refractivity contribution in [3.63, 3.8) is 0 Å². The molecule has 0 saturated carbocycles. The van der Waals surface area contributed by atoms with Crippen LogP contribution in [0.5, 0.6) is 0 Å². The molecular weight excluding hydrogens is 264 g/mol. The average molecular weight is 282 g/mol. The minimum Gasteiger partial charge on any atom is -0.368 e. The Morgan fingerprint density at radius 3 is 3.11 bits per heavy atom. The molecule has 2 aromatic heterocycles. The smallest absolute Gasteiger partial charge is 0.223 e. The summed E-state index contributed by atoms with van der Waals surface area (Å²) >= 11 is 3.55. The summed E-state index contributed by atoms with van der Waals surface area (Å²) in [6, 6.07) is 2.43. The second kappa shape index (κ2) is 6.24. The molecule has 0 radical (unpaired) electrons. The highest BCUT2D eigenvalue weighted by atomic mass is 32.2. The van der Waals surface area contributed by atoms with E-state index in [2.05, 4.69) is 29.1 Å². The van der Waals surface area contributed by atoms with Gasteiger partial charge in [0, 0.05) is 6.04 Å². The van der Waals surface area contributed by atoms with Crippen LogP contribution in [0.3, 0.4) is 0 Å². The number of anilines is 2. The van der Waals surface area contributed by atoms with Gasteiger partial charge in [-0.15, -0.1) is 11.3 Å². The fourth-order valence-corrected chi connectivity index (χ4v) is 3.27. The molecule has 0 aliphatic heterocycles. The fraction of sp³-hybridized carbons (Fsp3) is 0.500. The molecule has 2 heterocycles. The van der Waals surface area contributed by atoms with Gasteiger partial charge in [0.25, 0.3) is 0 Å². The first kappa shape index (κ1) is 13.4. The molecule has 0 aliphatic rings. The van der Waals surface area contributed by atoms with E-state index in [1.807, 2.05) is 23.2 Å². The van der Waals surface area contributed by atoms with Gasteiger partial charge in [0.05, 0.1) is 5.39 Å². The quantitative estimate of drug-likeness (QED) is 0.796. The molecule has 0 spiro atoms. The number of nitrogens with zero attached hydrogens (tertiary/aromatic N) is 2. The summed E-state index contributed by atoms with van der Waals surface area (Å²) in [4.78, 5) is 9.46. The lowest BCUT2D eigenvalue weighted by Crippen LogP contribution is -2.17. The van der Waals surface area contributed by atoms with Crippen molar-refractivity contribution in [3.8, 4) is 0 Å². The maximum absolute atomic E-state index is 5.72. The van der Waals surface area contributed by atoms with E-state index in [0.717, 1.165) is 28.2 Å². The first-order valence-corrected chi connectivity index (χ1v) is 8.09. The maximum atomic E-state index is 5.72. The van der Waals surface area contributed by atoms with E-state index in [-0.39, 0.29) is 0 Å². The number of aromatic nitrogens is 2. The molecule has 18 heavy (non-hydrogen) atoms. The average Bonchev–Trinajstić information content (AvgIpc) is 2.77. The van der Waals surface area contributed by atoms with Gasteiger partial charge in [-0.1, -0.05) is 6.92 Å². The summed E-state index contributed by atoms with van der Waals surface area (Å²) in [5.41, 5.74) is 5.72. The van der Waals surface area contributed by atoms with Crippen LogP contribution < -0.4 is 11.1 Å². The van der Waals surface area contributed by atoms with Crippen molar-refractivity contribution < 1.29 is 0 Å². The van der Waals surface area contributed by atoms with Crippen molar-refractivity contribution in [1.82, 2.24) is 9.97 Å². The number of hydrogen-bond donors (Lipinski definition) is 2. The lowest BCUT2D eigenvalue weighted by atomic mass is 10.2. The van der Waals surface area contributed by atoms with Gasteiger partial charge in [0.1, 0.15) is 10.6 Å². The predicted molar refractivity (Wildman–Crippen MR) is 82.5 cm³/mol. The van der Waals surface area contributed by atoms with Crippen LogP contribution in [0.2, 0.25) is 0 Å². The Hall–Kier alpha value is -1.01. The highest BCUT2D eigenvalue weighted by molar-refractivity contribution is 7.99. The molecule has 0 aromatic carbocycles. The predicted octanol–water partition coefficient (Wildman–Crippen LogP) is 3.22. The van der Waals surface area contributed by atoms with Crippen molar-refractivity contribution in [1.29, 1.82) is 0 Å². The van der Waals surface area contributed by atoms with E-state index in [1.165, 1.54) is 5.75 Å². The lowest BCUT2D eigenvalue weighted by molar-refractivity contribution is 0.768. The number of nitrogens with two attached hydrogens (primary N) is 1.